The van der Waals surface area contributed by atoms with E-state index >= 15 is 0 Å². The first-order valence-corrected chi connectivity index (χ1v) is 8.73. The fourth-order valence-corrected chi connectivity index (χ4v) is 3.18. The van der Waals surface area contributed by atoms with Crippen molar-refractivity contribution >= 4 is 27.7 Å². The van der Waals surface area contributed by atoms with E-state index in [2.05, 4.69) is 21.2 Å². The molecule has 1 N–H and O–H groups in total. The number of carbonyl (C=O) groups is 2. The second-order valence-corrected chi connectivity index (χ2v) is 6.54. The molecular formula is C17H23BrN2O3. The van der Waals surface area contributed by atoms with Gasteiger partial charge < -0.3 is 15.0 Å². The van der Waals surface area contributed by atoms with Crippen LogP contribution < -0.4 is 5.32 Å². The summed E-state index contributed by atoms with van der Waals surface area (Å²) in [5.74, 6) is 0.117. The maximum Gasteiger partial charge on any atom is 0.254 e. The van der Waals surface area contributed by atoms with Gasteiger partial charge in [0.15, 0.2) is 0 Å². The summed E-state index contributed by atoms with van der Waals surface area (Å²) >= 11 is 3.42. The Morgan fingerprint density at radius 3 is 2.65 bits per heavy atom. The fourth-order valence-electron chi connectivity index (χ4n) is 2.72. The SMILES string of the molecule is COCCCNC(=O)C1CCN(C(=O)c2ccccc2Br)CC1. The van der Waals surface area contributed by atoms with Crippen LogP contribution in [0, 0.1) is 5.92 Å². The summed E-state index contributed by atoms with van der Waals surface area (Å²) in [4.78, 5) is 26.4. The maximum absolute atomic E-state index is 12.5. The predicted molar refractivity (Wildman–Crippen MR) is 92.3 cm³/mol. The van der Waals surface area contributed by atoms with Gasteiger partial charge in [-0.25, -0.2) is 0 Å². The molecule has 0 aliphatic carbocycles. The molecule has 2 rings (SSSR count). The van der Waals surface area contributed by atoms with E-state index in [1.165, 1.54) is 0 Å². The number of amides is 2. The van der Waals surface area contributed by atoms with Gasteiger partial charge in [-0.3, -0.25) is 9.59 Å². The zero-order valence-electron chi connectivity index (χ0n) is 13.4. The van der Waals surface area contributed by atoms with Crippen LogP contribution in [-0.2, 0) is 9.53 Å². The molecule has 1 heterocycles. The maximum atomic E-state index is 12.5. The average Bonchev–Trinajstić information content (AvgIpc) is 2.58. The van der Waals surface area contributed by atoms with Gasteiger partial charge >= 0.3 is 0 Å². The van der Waals surface area contributed by atoms with Crippen molar-refractivity contribution in [2.75, 3.05) is 33.4 Å². The van der Waals surface area contributed by atoms with Crippen molar-refractivity contribution in [1.82, 2.24) is 10.2 Å². The molecule has 126 valence electrons. The molecule has 0 atom stereocenters. The molecule has 23 heavy (non-hydrogen) atoms. The lowest BCUT2D eigenvalue weighted by Gasteiger charge is -2.31. The Morgan fingerprint density at radius 1 is 1.30 bits per heavy atom. The summed E-state index contributed by atoms with van der Waals surface area (Å²) in [6.07, 6.45) is 2.25. The number of halogens is 1. The molecule has 5 nitrogen and oxygen atoms in total. The highest BCUT2D eigenvalue weighted by Crippen LogP contribution is 2.22. The third-order valence-corrected chi connectivity index (χ3v) is 4.77. The zero-order chi connectivity index (χ0) is 16.7. The summed E-state index contributed by atoms with van der Waals surface area (Å²) in [6.45, 7) is 2.54. The van der Waals surface area contributed by atoms with E-state index in [9.17, 15) is 9.59 Å². The third-order valence-electron chi connectivity index (χ3n) is 4.08. The lowest BCUT2D eigenvalue weighted by molar-refractivity contribution is -0.126. The van der Waals surface area contributed by atoms with E-state index in [-0.39, 0.29) is 17.7 Å². The molecule has 0 aromatic heterocycles. The minimum absolute atomic E-state index is 0.000749. The number of likely N-dealkylation sites (tertiary alicyclic amines) is 1. The van der Waals surface area contributed by atoms with Crippen LogP contribution in [0.3, 0.4) is 0 Å². The molecule has 0 saturated carbocycles. The topological polar surface area (TPSA) is 58.6 Å². The second kappa shape index (κ2) is 9.03. The Labute approximate surface area is 145 Å². The monoisotopic (exact) mass is 382 g/mol. The number of ether oxygens (including phenoxy) is 1. The molecule has 0 radical (unpaired) electrons. The van der Waals surface area contributed by atoms with Crippen molar-refractivity contribution in [1.29, 1.82) is 0 Å². The van der Waals surface area contributed by atoms with Crippen molar-refractivity contribution in [2.45, 2.75) is 19.3 Å². The summed E-state index contributed by atoms with van der Waals surface area (Å²) < 4.78 is 5.77. The summed E-state index contributed by atoms with van der Waals surface area (Å²) in [5.41, 5.74) is 0.676. The number of nitrogens with zero attached hydrogens (tertiary/aromatic N) is 1. The van der Waals surface area contributed by atoms with Gasteiger partial charge in [0, 0.05) is 43.7 Å². The fraction of sp³-hybridized carbons (Fsp3) is 0.529. The van der Waals surface area contributed by atoms with Gasteiger partial charge in [-0.15, -0.1) is 0 Å². The number of nitrogens with one attached hydrogen (secondary N) is 1. The van der Waals surface area contributed by atoms with Crippen LogP contribution in [0.2, 0.25) is 0 Å². The van der Waals surface area contributed by atoms with E-state index in [4.69, 9.17) is 4.74 Å². The lowest BCUT2D eigenvalue weighted by atomic mass is 9.95. The van der Waals surface area contributed by atoms with Gasteiger partial charge in [-0.1, -0.05) is 12.1 Å². The Balaban J connectivity index is 1.80. The number of hydrogen-bond donors (Lipinski definition) is 1. The van der Waals surface area contributed by atoms with Gasteiger partial charge in [0.25, 0.3) is 5.91 Å². The Bertz CT molecular complexity index is 542. The molecule has 0 bridgehead atoms. The van der Waals surface area contributed by atoms with E-state index in [0.29, 0.717) is 44.6 Å². The van der Waals surface area contributed by atoms with Crippen LogP contribution in [0.1, 0.15) is 29.6 Å². The average molecular weight is 383 g/mol. The quantitative estimate of drug-likeness (QED) is 0.768. The molecule has 1 aromatic carbocycles. The third kappa shape index (κ3) is 5.04. The molecule has 6 heteroatoms. The van der Waals surface area contributed by atoms with Crippen LogP contribution in [0.25, 0.3) is 0 Å². The largest absolute Gasteiger partial charge is 0.385 e. The summed E-state index contributed by atoms with van der Waals surface area (Å²) in [5, 5.41) is 2.94. The highest BCUT2D eigenvalue weighted by Gasteiger charge is 2.28. The van der Waals surface area contributed by atoms with Crippen molar-refractivity contribution < 1.29 is 14.3 Å². The number of hydrogen-bond acceptors (Lipinski definition) is 3. The van der Waals surface area contributed by atoms with E-state index < -0.39 is 0 Å². The molecule has 1 aliphatic heterocycles. The molecule has 2 amide bonds. The molecule has 1 aliphatic rings. The smallest absolute Gasteiger partial charge is 0.254 e. The lowest BCUT2D eigenvalue weighted by Crippen LogP contribution is -2.43. The number of benzene rings is 1. The number of methoxy groups -OCH3 is 1. The first kappa shape index (κ1) is 17.9. The molecule has 1 aromatic rings. The van der Waals surface area contributed by atoms with Crippen molar-refractivity contribution in [2.24, 2.45) is 5.92 Å². The van der Waals surface area contributed by atoms with Crippen molar-refractivity contribution in [3.63, 3.8) is 0 Å². The van der Waals surface area contributed by atoms with Gasteiger partial charge in [0.05, 0.1) is 5.56 Å². The molecule has 1 saturated heterocycles. The van der Waals surface area contributed by atoms with Crippen LogP contribution in [0.5, 0.6) is 0 Å². The van der Waals surface area contributed by atoms with Crippen molar-refractivity contribution in [3.8, 4) is 0 Å². The van der Waals surface area contributed by atoms with Crippen molar-refractivity contribution in [3.05, 3.63) is 34.3 Å². The van der Waals surface area contributed by atoms with E-state index in [1.807, 2.05) is 29.2 Å². The first-order chi connectivity index (χ1) is 11.1. The number of rotatable bonds is 6. The standard InChI is InChI=1S/C17H23BrN2O3/c1-23-12-4-9-19-16(21)13-7-10-20(11-8-13)17(22)14-5-2-3-6-15(14)18/h2-3,5-6,13H,4,7-12H2,1H3,(H,19,21). The zero-order valence-corrected chi connectivity index (χ0v) is 15.0. The number of carbonyl (C=O) groups excluding carboxylic acids is 2. The summed E-state index contributed by atoms with van der Waals surface area (Å²) in [7, 11) is 1.65. The van der Waals surface area contributed by atoms with E-state index in [0.717, 1.165) is 10.9 Å². The number of piperidine rings is 1. The molecule has 0 spiro atoms. The molecule has 1 fully saturated rings. The minimum Gasteiger partial charge on any atom is -0.385 e. The Morgan fingerprint density at radius 2 is 2.00 bits per heavy atom. The molecule has 0 unspecified atom stereocenters. The normalized spacial score (nSPS) is 15.5. The Kier molecular flexibility index (Phi) is 7.05. The van der Waals surface area contributed by atoms with Crippen LogP contribution in [0.4, 0.5) is 0 Å². The van der Waals surface area contributed by atoms with Gasteiger partial charge in [-0.2, -0.15) is 0 Å². The van der Waals surface area contributed by atoms with Crippen LogP contribution in [0.15, 0.2) is 28.7 Å². The van der Waals surface area contributed by atoms with Gasteiger partial charge in [0.1, 0.15) is 0 Å². The van der Waals surface area contributed by atoms with Crippen LogP contribution in [-0.4, -0.2) is 50.1 Å². The first-order valence-electron chi connectivity index (χ1n) is 7.94. The predicted octanol–water partition coefficient (Wildman–Crippen LogP) is 2.45. The van der Waals surface area contributed by atoms with Gasteiger partial charge in [0.2, 0.25) is 5.91 Å². The van der Waals surface area contributed by atoms with Crippen LogP contribution >= 0.6 is 15.9 Å². The summed E-state index contributed by atoms with van der Waals surface area (Å²) in [6, 6.07) is 7.44. The molecular weight excluding hydrogens is 360 g/mol. The highest BCUT2D eigenvalue weighted by molar-refractivity contribution is 9.10. The minimum atomic E-state index is 0.000749. The highest BCUT2D eigenvalue weighted by atomic mass is 79.9. The Hall–Kier alpha value is -1.40. The second-order valence-electron chi connectivity index (χ2n) is 5.68. The van der Waals surface area contributed by atoms with E-state index in [1.54, 1.807) is 7.11 Å². The van der Waals surface area contributed by atoms with Gasteiger partial charge in [-0.05, 0) is 47.3 Å².